The Morgan fingerprint density at radius 1 is 0.741 bits per heavy atom. The van der Waals surface area contributed by atoms with Gasteiger partial charge in [0.1, 0.15) is 0 Å². The van der Waals surface area contributed by atoms with Crippen molar-refractivity contribution in [3.63, 3.8) is 0 Å². The van der Waals surface area contributed by atoms with Crippen molar-refractivity contribution in [3.05, 3.63) is 168 Å². The van der Waals surface area contributed by atoms with E-state index in [4.69, 9.17) is 9.40 Å². The second-order valence-electron chi connectivity index (χ2n) is 16.7. The number of para-hydroxylation sites is 2. The number of fused-ring (bicyclic) bond motifs is 3. The third kappa shape index (κ3) is 8.28. The van der Waals surface area contributed by atoms with E-state index in [1.54, 1.807) is 0 Å². The maximum atomic E-state index is 5.99. The molecule has 6 aromatic carbocycles. The summed E-state index contributed by atoms with van der Waals surface area (Å²) < 4.78 is 8.26. The Morgan fingerprint density at radius 3 is 2.17 bits per heavy atom. The number of hydrogen-bond donors (Lipinski definition) is 0. The second-order valence-corrected chi connectivity index (χ2v) is 21.8. The maximum absolute atomic E-state index is 5.99. The Bertz CT molecular complexity index is 2840. The third-order valence-corrected chi connectivity index (χ3v) is 12.7. The molecule has 293 valence electrons. The van der Waals surface area contributed by atoms with Gasteiger partial charge in [-0.1, -0.05) is 134 Å². The zero-order chi connectivity index (χ0) is 39.8. The number of rotatable bonds is 7. The molecule has 0 saturated heterocycles. The van der Waals surface area contributed by atoms with Crippen LogP contribution in [0.1, 0.15) is 36.1 Å². The Kier molecular flexibility index (Phi) is 11.8. The molecule has 0 bridgehead atoms. The summed E-state index contributed by atoms with van der Waals surface area (Å²) in [5.41, 5.74) is 14.5. The predicted octanol–water partition coefficient (Wildman–Crippen LogP) is 13.3. The number of nitrogens with zero attached hydrogens (tertiary/aromatic N) is 3. The van der Waals surface area contributed by atoms with Crippen LogP contribution >= 0.6 is 0 Å². The average molecular weight is 952 g/mol. The van der Waals surface area contributed by atoms with Crippen LogP contribution in [0.25, 0.3) is 72.2 Å². The smallest absolute Gasteiger partial charge is 0.0798 e. The molecule has 3 heterocycles. The molecule has 0 fully saturated rings. The van der Waals surface area contributed by atoms with Gasteiger partial charge in [0.2, 0.25) is 0 Å². The summed E-state index contributed by atoms with van der Waals surface area (Å²) in [7, 11) is -1.34. The van der Waals surface area contributed by atoms with Crippen LogP contribution in [-0.2, 0) is 26.5 Å². The fourth-order valence-electron chi connectivity index (χ4n) is 8.01. The predicted molar refractivity (Wildman–Crippen MR) is 242 cm³/mol. The van der Waals surface area contributed by atoms with Crippen molar-refractivity contribution in [1.29, 1.82) is 0 Å². The van der Waals surface area contributed by atoms with Crippen LogP contribution in [0.2, 0.25) is 19.6 Å². The minimum Gasteiger partial charge on any atom is -0.557 e. The van der Waals surface area contributed by atoms with Crippen LogP contribution in [0.3, 0.4) is 0 Å². The fraction of sp³-hybridized carbons (Fsp3) is 0.192. The number of pyridine rings is 1. The quantitative estimate of drug-likeness (QED) is 0.118. The van der Waals surface area contributed by atoms with Crippen molar-refractivity contribution < 1.29 is 24.5 Å². The molecular weight excluding hydrogens is 903 g/mol. The van der Waals surface area contributed by atoms with Gasteiger partial charge in [-0.3, -0.25) is 4.98 Å². The molecule has 4 nitrogen and oxygen atoms in total. The van der Waals surface area contributed by atoms with Crippen LogP contribution < -0.4 is 5.19 Å². The molecule has 0 amide bonds. The topological polar surface area (TPSA) is 43.9 Å². The first-order valence-electron chi connectivity index (χ1n) is 19.9. The monoisotopic (exact) mass is 952 g/mol. The van der Waals surface area contributed by atoms with E-state index >= 15 is 0 Å². The number of benzene rings is 6. The zero-order valence-electron chi connectivity index (χ0n) is 34.6. The molecule has 1 radical (unpaired) electrons. The van der Waals surface area contributed by atoms with E-state index in [2.05, 4.69) is 185 Å². The van der Waals surface area contributed by atoms with E-state index in [-0.39, 0.29) is 20.1 Å². The van der Waals surface area contributed by atoms with Gasteiger partial charge in [0, 0.05) is 43.8 Å². The maximum Gasteiger partial charge on any atom is 0.0798 e. The number of furan rings is 1. The van der Waals surface area contributed by atoms with Crippen molar-refractivity contribution in [2.75, 3.05) is 0 Å². The van der Waals surface area contributed by atoms with E-state index in [9.17, 15) is 0 Å². The Balaban J connectivity index is 0.000000208. The Hall–Kier alpha value is -5.39. The van der Waals surface area contributed by atoms with Gasteiger partial charge in [0.05, 0.1) is 24.9 Å². The van der Waals surface area contributed by atoms with Gasteiger partial charge in [-0.2, -0.15) is 0 Å². The molecule has 0 atom stereocenters. The van der Waals surface area contributed by atoms with Crippen LogP contribution in [-0.4, -0.2) is 22.6 Å². The standard InChI is InChI=1S/C34H25N2O.C18H24NSi.Ir/c1-21-13-14-25-19-32-28(18-26(25)15-21)29(20-37-32)34-35-30-11-7-8-12-31(30)36(34)33-22(2)16-27(17-23(33)3)24-9-5-4-6-10-24;1-14(2)11-16-12-17(15-9-7-6-8-10-15)19-13-18(16)20(3,4)5;/h4-19H,1-3H3;6-9,12-14H,11H2,1-5H3;/q2*-1;. The number of imidazole rings is 1. The van der Waals surface area contributed by atoms with Crippen LogP contribution in [0.4, 0.5) is 0 Å². The normalized spacial score (nSPS) is 11.5. The molecule has 6 heteroatoms. The third-order valence-electron chi connectivity index (χ3n) is 10.6. The molecule has 58 heavy (non-hydrogen) atoms. The van der Waals surface area contributed by atoms with E-state index in [1.165, 1.54) is 44.0 Å². The summed E-state index contributed by atoms with van der Waals surface area (Å²) >= 11 is 0. The molecule has 0 saturated carbocycles. The minimum atomic E-state index is -1.34. The van der Waals surface area contributed by atoms with E-state index in [0.717, 1.165) is 62.1 Å². The molecule has 0 spiro atoms. The first-order valence-corrected chi connectivity index (χ1v) is 23.4. The molecule has 3 aromatic heterocycles. The van der Waals surface area contributed by atoms with Gasteiger partial charge in [-0.15, -0.1) is 35.9 Å². The molecule has 9 rings (SSSR count). The Labute approximate surface area is 357 Å². The fourth-order valence-corrected chi connectivity index (χ4v) is 9.60. The second kappa shape index (κ2) is 16.8. The summed E-state index contributed by atoms with van der Waals surface area (Å²) in [5, 5.41) is 4.85. The van der Waals surface area contributed by atoms with Crippen LogP contribution in [0, 0.1) is 39.0 Å². The van der Waals surface area contributed by atoms with Gasteiger partial charge >= 0.3 is 0 Å². The SMILES string of the molecule is CC(C)Cc1cc(-c2[c-]cccc2)ncc1[Si](C)(C)C.Cc1ccc2cc3o[c-]c(-c4nc5ccccc5n4-c4c(C)cc(-c5ccccc5)cc4C)c3cc2c1.[Ir]. The minimum absolute atomic E-state index is 0. The van der Waals surface area contributed by atoms with Gasteiger partial charge in [0.15, 0.2) is 0 Å². The molecular formula is C52H49IrN3OSi-2. The first-order chi connectivity index (χ1) is 27.4. The van der Waals surface area contributed by atoms with Gasteiger partial charge < -0.3 is 14.0 Å². The van der Waals surface area contributed by atoms with Crippen molar-refractivity contribution in [2.24, 2.45) is 5.92 Å². The van der Waals surface area contributed by atoms with Crippen molar-refractivity contribution in [3.8, 4) is 39.5 Å². The van der Waals surface area contributed by atoms with Crippen LogP contribution in [0.5, 0.6) is 0 Å². The van der Waals surface area contributed by atoms with Crippen molar-refractivity contribution >= 4 is 46.0 Å². The molecule has 0 aliphatic heterocycles. The summed E-state index contributed by atoms with van der Waals surface area (Å²) in [6, 6.07) is 47.8. The van der Waals surface area contributed by atoms with E-state index in [1.807, 2.05) is 24.3 Å². The van der Waals surface area contributed by atoms with Gasteiger partial charge in [0.25, 0.3) is 0 Å². The summed E-state index contributed by atoms with van der Waals surface area (Å²) in [6.45, 7) is 18.2. The Morgan fingerprint density at radius 2 is 1.47 bits per heavy atom. The molecule has 0 unspecified atom stereocenters. The van der Waals surface area contributed by atoms with Gasteiger partial charge in [-0.05, 0) is 101 Å². The summed E-state index contributed by atoms with van der Waals surface area (Å²) in [5.74, 6) is 1.51. The number of hydrogen-bond acceptors (Lipinski definition) is 3. The van der Waals surface area contributed by atoms with Crippen molar-refractivity contribution in [2.45, 2.75) is 60.7 Å². The molecule has 0 aliphatic carbocycles. The first kappa shape index (κ1) is 40.8. The summed E-state index contributed by atoms with van der Waals surface area (Å²) in [6.07, 6.45) is 6.45. The van der Waals surface area contributed by atoms with Gasteiger partial charge in [-0.25, -0.2) is 0 Å². The number of aryl methyl sites for hydroxylation is 3. The molecule has 0 N–H and O–H groups in total. The zero-order valence-corrected chi connectivity index (χ0v) is 38.0. The number of aromatic nitrogens is 3. The summed E-state index contributed by atoms with van der Waals surface area (Å²) in [4.78, 5) is 9.80. The molecule has 0 aliphatic rings. The largest absolute Gasteiger partial charge is 0.557 e. The van der Waals surface area contributed by atoms with E-state index in [0.29, 0.717) is 5.92 Å². The average Bonchev–Trinajstić information content (AvgIpc) is 3.78. The van der Waals surface area contributed by atoms with Crippen molar-refractivity contribution in [1.82, 2.24) is 14.5 Å². The van der Waals surface area contributed by atoms with Crippen LogP contribution in [0.15, 0.2) is 138 Å². The van der Waals surface area contributed by atoms with E-state index < -0.39 is 8.07 Å². The molecule has 9 aromatic rings.